The van der Waals surface area contributed by atoms with Gasteiger partial charge in [0, 0.05) is 18.4 Å². The van der Waals surface area contributed by atoms with Gasteiger partial charge in [0.05, 0.1) is 18.2 Å². The molecule has 0 unspecified atom stereocenters. The highest BCUT2D eigenvalue weighted by molar-refractivity contribution is 5.99. The van der Waals surface area contributed by atoms with Crippen LogP contribution in [0.25, 0.3) is 11.1 Å². The maximum atomic E-state index is 13.0. The van der Waals surface area contributed by atoms with Crippen LogP contribution in [0.2, 0.25) is 0 Å². The second-order valence-corrected chi connectivity index (χ2v) is 7.65. The predicted molar refractivity (Wildman–Crippen MR) is 119 cm³/mol. The van der Waals surface area contributed by atoms with Crippen molar-refractivity contribution in [3.8, 4) is 11.1 Å². The zero-order chi connectivity index (χ0) is 23.4. The molecule has 2 heterocycles. The normalized spacial score (nSPS) is 16.0. The van der Waals surface area contributed by atoms with Gasteiger partial charge in [-0.1, -0.05) is 24.3 Å². The Kier molecular flexibility index (Phi) is 6.45. The molecule has 3 aromatic rings. The third-order valence-corrected chi connectivity index (χ3v) is 5.37. The van der Waals surface area contributed by atoms with Crippen LogP contribution in [0.4, 0.5) is 35.4 Å². The summed E-state index contributed by atoms with van der Waals surface area (Å²) in [4.78, 5) is 23.0. The summed E-state index contributed by atoms with van der Waals surface area (Å²) in [6.45, 7) is 0.729. The highest BCUT2D eigenvalue weighted by atomic mass is 19.4. The van der Waals surface area contributed by atoms with Gasteiger partial charge in [0.15, 0.2) is 0 Å². The first kappa shape index (κ1) is 22.5. The number of carbonyl (C=O) groups is 1. The lowest BCUT2D eigenvalue weighted by molar-refractivity contribution is -0.137. The molecule has 3 N–H and O–H groups in total. The summed E-state index contributed by atoms with van der Waals surface area (Å²) in [5.74, 6) is 0.714. The van der Waals surface area contributed by atoms with E-state index in [0.29, 0.717) is 22.8 Å². The Balaban J connectivity index is 1.45. The second-order valence-electron chi connectivity index (χ2n) is 7.65. The van der Waals surface area contributed by atoms with Crippen molar-refractivity contribution < 1.29 is 23.1 Å². The molecule has 1 fully saturated rings. The van der Waals surface area contributed by atoms with Crippen LogP contribution in [0.15, 0.2) is 60.8 Å². The van der Waals surface area contributed by atoms with Crippen molar-refractivity contribution >= 4 is 23.5 Å². The van der Waals surface area contributed by atoms with E-state index in [1.165, 1.54) is 12.3 Å². The van der Waals surface area contributed by atoms with Crippen LogP contribution >= 0.6 is 0 Å². The van der Waals surface area contributed by atoms with Gasteiger partial charge in [-0.15, -0.1) is 0 Å². The third-order valence-electron chi connectivity index (χ3n) is 5.37. The second kappa shape index (κ2) is 9.45. The molecule has 1 saturated heterocycles. The minimum Gasteiger partial charge on any atom is -0.394 e. The molecule has 1 aliphatic heterocycles. The largest absolute Gasteiger partial charge is 0.416 e. The van der Waals surface area contributed by atoms with Gasteiger partial charge >= 0.3 is 12.2 Å². The van der Waals surface area contributed by atoms with Crippen LogP contribution in [0.3, 0.4) is 0 Å². The first-order chi connectivity index (χ1) is 15.8. The van der Waals surface area contributed by atoms with Crippen molar-refractivity contribution in [2.24, 2.45) is 0 Å². The summed E-state index contributed by atoms with van der Waals surface area (Å²) in [6, 6.07) is 12.5. The number of nitrogens with one attached hydrogen (secondary N) is 2. The first-order valence-corrected chi connectivity index (χ1v) is 10.4. The summed E-state index contributed by atoms with van der Waals surface area (Å²) in [7, 11) is 0. The number of nitrogens with zero attached hydrogens (tertiary/aromatic N) is 3. The predicted octanol–water partition coefficient (Wildman–Crippen LogP) is 4.77. The number of carbonyl (C=O) groups excluding carboxylic acids is 1. The molecular weight excluding hydrogens is 435 g/mol. The first-order valence-electron chi connectivity index (χ1n) is 10.4. The Morgan fingerprint density at radius 1 is 1.09 bits per heavy atom. The summed E-state index contributed by atoms with van der Waals surface area (Å²) in [5, 5.41) is 14.8. The molecule has 33 heavy (non-hydrogen) atoms. The zero-order valence-electron chi connectivity index (χ0n) is 17.5. The van der Waals surface area contributed by atoms with Gasteiger partial charge in [0.25, 0.3) is 0 Å². The molecule has 1 atom stereocenters. The maximum absolute atomic E-state index is 13.0. The topological polar surface area (TPSA) is 90.4 Å². The van der Waals surface area contributed by atoms with Crippen LogP contribution < -0.4 is 15.5 Å². The van der Waals surface area contributed by atoms with Crippen LogP contribution in [-0.4, -0.2) is 40.3 Å². The number of anilines is 3. The summed E-state index contributed by atoms with van der Waals surface area (Å²) < 4.78 is 39.1. The van der Waals surface area contributed by atoms with Crippen LogP contribution in [0, 0.1) is 0 Å². The standard InChI is InChI=1S/C23H22F3N5O2/c24-23(25,26)17-6-1-4-15(12-17)16-5-2-7-18(13-16)28-22(33)30-20-9-10-27-21(29-20)31-11-3-8-19(31)14-32/h1-2,4-7,9-10,12-13,19,32H,3,8,11,14H2,(H2,27,28,29,30,33)/t19-/m0/s1. The monoisotopic (exact) mass is 457 g/mol. The number of hydrogen-bond donors (Lipinski definition) is 3. The van der Waals surface area contributed by atoms with Crippen molar-refractivity contribution in [3.05, 3.63) is 66.4 Å². The number of rotatable bonds is 5. The van der Waals surface area contributed by atoms with Gasteiger partial charge in [-0.2, -0.15) is 18.2 Å². The number of alkyl halides is 3. The van der Waals surface area contributed by atoms with E-state index in [0.717, 1.165) is 31.5 Å². The van der Waals surface area contributed by atoms with Crippen molar-refractivity contribution in [3.63, 3.8) is 0 Å². The molecule has 1 aliphatic rings. The minimum atomic E-state index is -4.44. The highest BCUT2D eigenvalue weighted by Crippen LogP contribution is 2.32. The Morgan fingerprint density at radius 2 is 1.85 bits per heavy atom. The number of benzene rings is 2. The highest BCUT2D eigenvalue weighted by Gasteiger charge is 2.30. The molecule has 1 aromatic heterocycles. The van der Waals surface area contributed by atoms with E-state index in [1.54, 1.807) is 36.4 Å². The van der Waals surface area contributed by atoms with Gasteiger partial charge < -0.3 is 15.3 Å². The number of aliphatic hydroxyl groups excluding tert-OH is 1. The molecule has 4 rings (SSSR count). The summed E-state index contributed by atoms with van der Waals surface area (Å²) in [6.07, 6.45) is -1.14. The number of aliphatic hydroxyl groups is 1. The number of hydrogen-bond acceptors (Lipinski definition) is 5. The number of aromatic nitrogens is 2. The Labute approximate surface area is 188 Å². The third kappa shape index (κ3) is 5.40. The molecule has 0 spiro atoms. The fourth-order valence-electron chi connectivity index (χ4n) is 3.78. The average molecular weight is 457 g/mol. The van der Waals surface area contributed by atoms with Crippen molar-refractivity contribution in [1.29, 1.82) is 0 Å². The van der Waals surface area contributed by atoms with Gasteiger partial charge in [0.2, 0.25) is 5.95 Å². The lowest BCUT2D eigenvalue weighted by Crippen LogP contribution is -2.33. The lowest BCUT2D eigenvalue weighted by Gasteiger charge is -2.23. The van der Waals surface area contributed by atoms with Crippen LogP contribution in [-0.2, 0) is 6.18 Å². The van der Waals surface area contributed by atoms with E-state index in [-0.39, 0.29) is 18.5 Å². The number of halogens is 3. The summed E-state index contributed by atoms with van der Waals surface area (Å²) >= 11 is 0. The zero-order valence-corrected chi connectivity index (χ0v) is 17.5. The molecule has 2 amide bonds. The van der Waals surface area contributed by atoms with Crippen molar-refractivity contribution in [2.75, 3.05) is 28.7 Å². The quantitative estimate of drug-likeness (QED) is 0.514. The van der Waals surface area contributed by atoms with Crippen molar-refractivity contribution in [2.45, 2.75) is 25.1 Å². The number of urea groups is 1. The van der Waals surface area contributed by atoms with Crippen LogP contribution in [0.5, 0.6) is 0 Å². The van der Waals surface area contributed by atoms with Crippen molar-refractivity contribution in [1.82, 2.24) is 9.97 Å². The molecular formula is C23H22F3N5O2. The van der Waals surface area contributed by atoms with Gasteiger partial charge in [0.1, 0.15) is 5.82 Å². The van der Waals surface area contributed by atoms with E-state index in [2.05, 4.69) is 20.6 Å². The Bertz CT molecular complexity index is 1140. The van der Waals surface area contributed by atoms with E-state index in [4.69, 9.17) is 0 Å². The van der Waals surface area contributed by atoms with Crippen LogP contribution in [0.1, 0.15) is 18.4 Å². The molecule has 0 aliphatic carbocycles. The molecule has 0 saturated carbocycles. The van der Waals surface area contributed by atoms with Gasteiger partial charge in [-0.3, -0.25) is 5.32 Å². The molecule has 7 nitrogen and oxygen atoms in total. The smallest absolute Gasteiger partial charge is 0.394 e. The fraction of sp³-hybridized carbons (Fsp3) is 0.261. The molecule has 172 valence electrons. The molecule has 0 bridgehead atoms. The summed E-state index contributed by atoms with van der Waals surface area (Å²) in [5.41, 5.74) is 0.597. The van der Waals surface area contributed by atoms with Gasteiger partial charge in [-0.25, -0.2) is 9.78 Å². The van der Waals surface area contributed by atoms with E-state index >= 15 is 0 Å². The average Bonchev–Trinajstić information content (AvgIpc) is 3.28. The minimum absolute atomic E-state index is 0.00369. The lowest BCUT2D eigenvalue weighted by atomic mass is 10.0. The Hall–Kier alpha value is -3.66. The van der Waals surface area contributed by atoms with E-state index in [1.807, 2.05) is 4.90 Å². The van der Waals surface area contributed by atoms with E-state index < -0.39 is 17.8 Å². The van der Waals surface area contributed by atoms with E-state index in [9.17, 15) is 23.1 Å². The maximum Gasteiger partial charge on any atom is 0.416 e. The SMILES string of the molecule is O=C(Nc1cccc(-c2cccc(C(F)(F)F)c2)c1)Nc1ccnc(N2CCC[C@H]2CO)n1. The Morgan fingerprint density at radius 3 is 2.61 bits per heavy atom. The number of amides is 2. The van der Waals surface area contributed by atoms with Gasteiger partial charge in [-0.05, 0) is 54.3 Å². The molecule has 10 heteroatoms. The molecule has 2 aromatic carbocycles. The fourth-order valence-corrected chi connectivity index (χ4v) is 3.78. The molecule has 0 radical (unpaired) electrons.